The SMILES string of the molecule is COc1cc(Nc2nccc(Nc3cnc4ccccc4c3)n2)ccc1O. The molecule has 0 spiro atoms. The van der Waals surface area contributed by atoms with E-state index in [0.29, 0.717) is 23.2 Å². The second-order valence-electron chi connectivity index (χ2n) is 5.82. The number of hydrogen-bond donors (Lipinski definition) is 3. The maximum Gasteiger partial charge on any atom is 0.229 e. The first-order valence-electron chi connectivity index (χ1n) is 8.30. The van der Waals surface area contributed by atoms with E-state index in [1.807, 2.05) is 30.3 Å². The molecule has 134 valence electrons. The first-order valence-corrected chi connectivity index (χ1v) is 8.30. The van der Waals surface area contributed by atoms with Gasteiger partial charge >= 0.3 is 0 Å². The number of ether oxygens (including phenoxy) is 1. The Hall–Kier alpha value is -3.87. The summed E-state index contributed by atoms with van der Waals surface area (Å²) in [6.45, 7) is 0. The van der Waals surface area contributed by atoms with Gasteiger partial charge in [0.15, 0.2) is 11.5 Å². The number of anilines is 4. The molecule has 3 N–H and O–H groups in total. The van der Waals surface area contributed by atoms with Crippen LogP contribution in [0.3, 0.4) is 0 Å². The van der Waals surface area contributed by atoms with Crippen LogP contribution in [0.2, 0.25) is 0 Å². The number of nitrogens with zero attached hydrogens (tertiary/aromatic N) is 3. The number of aromatic nitrogens is 3. The average molecular weight is 359 g/mol. The number of benzene rings is 2. The molecule has 0 amide bonds. The molecule has 2 heterocycles. The van der Waals surface area contributed by atoms with E-state index in [0.717, 1.165) is 16.6 Å². The molecule has 4 rings (SSSR count). The van der Waals surface area contributed by atoms with E-state index in [2.05, 4.69) is 25.6 Å². The van der Waals surface area contributed by atoms with Gasteiger partial charge in [-0.1, -0.05) is 18.2 Å². The first-order chi connectivity index (χ1) is 13.2. The van der Waals surface area contributed by atoms with Gasteiger partial charge in [-0.05, 0) is 30.3 Å². The Morgan fingerprint density at radius 3 is 2.70 bits per heavy atom. The molecule has 7 nitrogen and oxygen atoms in total. The normalized spacial score (nSPS) is 10.6. The van der Waals surface area contributed by atoms with E-state index in [4.69, 9.17) is 4.74 Å². The van der Waals surface area contributed by atoms with Gasteiger partial charge < -0.3 is 20.5 Å². The van der Waals surface area contributed by atoms with E-state index in [-0.39, 0.29) is 5.75 Å². The lowest BCUT2D eigenvalue weighted by Crippen LogP contribution is -2.01. The standard InChI is InChI=1S/C20H17N5O2/c1-27-18-11-14(6-7-17(18)26)24-20-21-9-8-19(25-20)23-15-10-13-4-2-3-5-16(13)22-12-15/h2-12,26H,1H3,(H2,21,23,24,25). The topological polar surface area (TPSA) is 92.2 Å². The summed E-state index contributed by atoms with van der Waals surface area (Å²) >= 11 is 0. The third kappa shape index (κ3) is 3.72. The minimum absolute atomic E-state index is 0.0724. The van der Waals surface area contributed by atoms with Crippen molar-refractivity contribution in [3.8, 4) is 11.5 Å². The van der Waals surface area contributed by atoms with Gasteiger partial charge in [-0.3, -0.25) is 4.98 Å². The summed E-state index contributed by atoms with van der Waals surface area (Å²) < 4.78 is 5.11. The zero-order valence-corrected chi connectivity index (χ0v) is 14.5. The van der Waals surface area contributed by atoms with Crippen LogP contribution >= 0.6 is 0 Å². The number of phenols is 1. The molecule has 4 aromatic rings. The van der Waals surface area contributed by atoms with Gasteiger partial charge in [-0.15, -0.1) is 0 Å². The van der Waals surface area contributed by atoms with Crippen molar-refractivity contribution in [1.82, 2.24) is 15.0 Å². The zero-order valence-electron chi connectivity index (χ0n) is 14.5. The van der Waals surface area contributed by atoms with Crippen molar-refractivity contribution in [2.75, 3.05) is 17.7 Å². The highest BCUT2D eigenvalue weighted by molar-refractivity contribution is 5.82. The lowest BCUT2D eigenvalue weighted by Gasteiger charge is -2.10. The minimum atomic E-state index is 0.0724. The molecule has 0 aliphatic heterocycles. The van der Waals surface area contributed by atoms with Crippen molar-refractivity contribution in [1.29, 1.82) is 0 Å². The molecule has 0 fully saturated rings. The predicted octanol–water partition coefficient (Wildman–Crippen LogP) is 4.23. The third-order valence-corrected chi connectivity index (χ3v) is 3.95. The number of para-hydroxylation sites is 1. The van der Waals surface area contributed by atoms with Gasteiger partial charge in [0.05, 0.1) is 24.5 Å². The molecule has 0 saturated carbocycles. The summed E-state index contributed by atoms with van der Waals surface area (Å²) in [5.74, 6) is 1.50. The van der Waals surface area contributed by atoms with Crippen LogP contribution < -0.4 is 15.4 Å². The fourth-order valence-electron chi connectivity index (χ4n) is 2.66. The number of nitrogens with one attached hydrogen (secondary N) is 2. The fourth-order valence-corrected chi connectivity index (χ4v) is 2.66. The molecule has 2 aromatic carbocycles. The Balaban J connectivity index is 1.55. The van der Waals surface area contributed by atoms with Gasteiger partial charge in [0.25, 0.3) is 0 Å². The van der Waals surface area contributed by atoms with E-state index in [1.165, 1.54) is 7.11 Å². The van der Waals surface area contributed by atoms with Crippen molar-refractivity contribution in [2.45, 2.75) is 0 Å². The largest absolute Gasteiger partial charge is 0.504 e. The van der Waals surface area contributed by atoms with E-state index >= 15 is 0 Å². The molecule has 0 unspecified atom stereocenters. The Labute approximate surface area is 155 Å². The maximum atomic E-state index is 9.68. The van der Waals surface area contributed by atoms with Crippen molar-refractivity contribution in [3.63, 3.8) is 0 Å². The summed E-state index contributed by atoms with van der Waals surface area (Å²) in [6.07, 6.45) is 3.42. The highest BCUT2D eigenvalue weighted by Gasteiger charge is 2.06. The Morgan fingerprint density at radius 2 is 1.81 bits per heavy atom. The quantitative estimate of drug-likeness (QED) is 0.459. The second kappa shape index (κ2) is 7.17. The van der Waals surface area contributed by atoms with E-state index in [1.54, 1.807) is 36.7 Å². The molecular formula is C20H17N5O2. The molecule has 0 atom stereocenters. The van der Waals surface area contributed by atoms with Crippen LogP contribution in [0.4, 0.5) is 23.1 Å². The summed E-state index contributed by atoms with van der Waals surface area (Å²) in [6, 6.07) is 16.6. The lowest BCUT2D eigenvalue weighted by molar-refractivity contribution is 0.374. The number of aromatic hydroxyl groups is 1. The lowest BCUT2D eigenvalue weighted by atomic mass is 10.2. The molecule has 0 aliphatic rings. The molecule has 0 bridgehead atoms. The van der Waals surface area contributed by atoms with Crippen LogP contribution in [-0.2, 0) is 0 Å². The molecule has 27 heavy (non-hydrogen) atoms. The van der Waals surface area contributed by atoms with Gasteiger partial charge in [0.2, 0.25) is 5.95 Å². The van der Waals surface area contributed by atoms with Crippen molar-refractivity contribution in [3.05, 3.63) is 67.0 Å². The third-order valence-electron chi connectivity index (χ3n) is 3.95. The average Bonchev–Trinajstić information content (AvgIpc) is 2.70. The monoisotopic (exact) mass is 359 g/mol. The minimum Gasteiger partial charge on any atom is -0.504 e. The summed E-state index contributed by atoms with van der Waals surface area (Å²) in [5, 5.41) is 17.1. The molecular weight excluding hydrogens is 342 g/mol. The number of phenolic OH excluding ortho intramolecular Hbond substituents is 1. The zero-order chi connectivity index (χ0) is 18.6. The van der Waals surface area contributed by atoms with E-state index < -0.39 is 0 Å². The molecule has 7 heteroatoms. The van der Waals surface area contributed by atoms with Gasteiger partial charge in [0, 0.05) is 23.3 Å². The predicted molar refractivity (Wildman–Crippen MR) is 105 cm³/mol. The number of methoxy groups -OCH3 is 1. The Bertz CT molecular complexity index is 1100. The number of pyridine rings is 1. The highest BCUT2D eigenvalue weighted by Crippen LogP contribution is 2.29. The van der Waals surface area contributed by atoms with Crippen LogP contribution in [0.5, 0.6) is 11.5 Å². The highest BCUT2D eigenvalue weighted by atomic mass is 16.5. The number of fused-ring (bicyclic) bond motifs is 1. The number of hydrogen-bond acceptors (Lipinski definition) is 7. The van der Waals surface area contributed by atoms with Crippen LogP contribution in [0.25, 0.3) is 10.9 Å². The van der Waals surface area contributed by atoms with Crippen LogP contribution in [0.1, 0.15) is 0 Å². The van der Waals surface area contributed by atoms with Crippen LogP contribution in [0.15, 0.2) is 67.0 Å². The van der Waals surface area contributed by atoms with Crippen molar-refractivity contribution in [2.24, 2.45) is 0 Å². The van der Waals surface area contributed by atoms with Gasteiger partial charge in [0.1, 0.15) is 5.82 Å². The molecule has 0 radical (unpaired) electrons. The summed E-state index contributed by atoms with van der Waals surface area (Å²) in [7, 11) is 1.50. The molecule has 0 saturated heterocycles. The van der Waals surface area contributed by atoms with E-state index in [9.17, 15) is 5.11 Å². The van der Waals surface area contributed by atoms with Crippen LogP contribution in [0, 0.1) is 0 Å². The summed E-state index contributed by atoms with van der Waals surface area (Å²) in [4.78, 5) is 13.1. The number of rotatable bonds is 5. The molecule has 0 aliphatic carbocycles. The smallest absolute Gasteiger partial charge is 0.229 e. The maximum absolute atomic E-state index is 9.68. The van der Waals surface area contributed by atoms with Crippen molar-refractivity contribution >= 4 is 34.0 Å². The Kier molecular flexibility index (Phi) is 4.40. The van der Waals surface area contributed by atoms with Crippen molar-refractivity contribution < 1.29 is 9.84 Å². The Morgan fingerprint density at radius 1 is 0.926 bits per heavy atom. The van der Waals surface area contributed by atoms with Gasteiger partial charge in [-0.2, -0.15) is 4.98 Å². The molecule has 2 aromatic heterocycles. The summed E-state index contributed by atoms with van der Waals surface area (Å²) in [5.41, 5.74) is 2.48. The van der Waals surface area contributed by atoms with Gasteiger partial charge in [-0.25, -0.2) is 4.98 Å². The second-order valence-corrected chi connectivity index (χ2v) is 5.82. The van der Waals surface area contributed by atoms with Crippen LogP contribution in [-0.4, -0.2) is 27.2 Å². The first kappa shape index (κ1) is 16.6. The fraction of sp³-hybridized carbons (Fsp3) is 0.0500.